The van der Waals surface area contributed by atoms with E-state index in [1.807, 2.05) is 0 Å². The second-order valence-electron chi connectivity index (χ2n) is 2.23. The van der Waals surface area contributed by atoms with Crippen molar-refractivity contribution in [1.29, 1.82) is 0 Å². The van der Waals surface area contributed by atoms with Crippen LogP contribution >= 0.6 is 0 Å². The van der Waals surface area contributed by atoms with Crippen molar-refractivity contribution in [3.63, 3.8) is 0 Å². The minimum atomic E-state index is -0.933. The van der Waals surface area contributed by atoms with E-state index in [9.17, 15) is 4.79 Å². The van der Waals surface area contributed by atoms with E-state index >= 15 is 0 Å². The van der Waals surface area contributed by atoms with Gasteiger partial charge in [-0.25, -0.2) is 0 Å². The van der Waals surface area contributed by atoms with E-state index in [2.05, 4.69) is 0 Å². The van der Waals surface area contributed by atoms with Crippen molar-refractivity contribution < 1.29 is 9.90 Å². The van der Waals surface area contributed by atoms with Crippen molar-refractivity contribution in [3.8, 4) is 0 Å². The zero-order chi connectivity index (χ0) is 7.98. The maximum absolute atomic E-state index is 10.1. The van der Waals surface area contributed by atoms with E-state index in [0.717, 1.165) is 12.8 Å². The maximum atomic E-state index is 10.1. The van der Waals surface area contributed by atoms with Gasteiger partial charge in [-0.1, -0.05) is 6.42 Å². The topological polar surface area (TPSA) is 89.3 Å². The minimum absolute atomic E-state index is 0. The molecule has 0 bridgehead atoms. The Bertz CT molecular complexity index is 111. The summed E-state index contributed by atoms with van der Waals surface area (Å²) in [6, 6.07) is -0.716. The molecule has 0 aliphatic rings. The zero-order valence-corrected chi connectivity index (χ0v) is 5.92. The average Bonchev–Trinajstić information content (AvgIpc) is 1.88. The fourth-order valence-corrected chi connectivity index (χ4v) is 0.632. The van der Waals surface area contributed by atoms with Crippen LogP contribution in [0.5, 0.6) is 0 Å². The number of unbranched alkanes of at least 4 members (excludes halogenated alkanes) is 1. The molecule has 0 rings (SSSR count). The van der Waals surface area contributed by atoms with Crippen molar-refractivity contribution in [2.75, 3.05) is 6.54 Å². The molecule has 5 N–H and O–H groups in total. The number of hydrogen-bond acceptors (Lipinski definition) is 3. The molecule has 0 heterocycles. The first kappa shape index (κ1) is 13.6. The molecular formula is C6H17GaN2O2. The van der Waals surface area contributed by atoms with Gasteiger partial charge in [-0.2, -0.15) is 0 Å². The fourth-order valence-electron chi connectivity index (χ4n) is 0.632. The molecule has 1 atom stereocenters. The van der Waals surface area contributed by atoms with Gasteiger partial charge in [0.15, 0.2) is 0 Å². The summed E-state index contributed by atoms with van der Waals surface area (Å²) in [4.78, 5) is 10.1. The first-order valence-corrected chi connectivity index (χ1v) is 3.37. The van der Waals surface area contributed by atoms with Crippen LogP contribution in [0.4, 0.5) is 0 Å². The number of carboxylic acid groups (broad SMARTS) is 1. The predicted molar refractivity (Wildman–Crippen MR) is 48.5 cm³/mol. The molecule has 1 unspecified atom stereocenters. The van der Waals surface area contributed by atoms with Crippen molar-refractivity contribution >= 4 is 25.8 Å². The average molecular weight is 219 g/mol. The first-order chi connectivity index (χ1) is 4.68. The van der Waals surface area contributed by atoms with Gasteiger partial charge in [-0.3, -0.25) is 4.79 Å². The number of carboxylic acids is 1. The Morgan fingerprint density at radius 3 is 2.36 bits per heavy atom. The molecule has 0 amide bonds. The first-order valence-electron chi connectivity index (χ1n) is 3.37. The molecule has 0 aromatic rings. The fraction of sp³-hybridized carbons (Fsp3) is 0.833. The van der Waals surface area contributed by atoms with Crippen molar-refractivity contribution in [3.05, 3.63) is 0 Å². The standard InChI is InChI=1S/C6H14N2O2.Ga.3H/c7-4-2-1-3-5(8)6(9)10;;;;/h5H,1-4,7-8H2,(H,9,10);;;;. The van der Waals surface area contributed by atoms with Crippen molar-refractivity contribution in [2.24, 2.45) is 11.5 Å². The molecule has 0 aliphatic heterocycles. The summed E-state index contributed by atoms with van der Waals surface area (Å²) in [5.41, 5.74) is 10.4. The Morgan fingerprint density at radius 2 is 2.00 bits per heavy atom. The summed E-state index contributed by atoms with van der Waals surface area (Å²) < 4.78 is 0. The van der Waals surface area contributed by atoms with Crippen LogP contribution in [-0.2, 0) is 4.79 Å². The molecule has 4 nitrogen and oxygen atoms in total. The van der Waals surface area contributed by atoms with E-state index in [-0.39, 0.29) is 19.8 Å². The summed E-state index contributed by atoms with van der Waals surface area (Å²) in [7, 11) is 0. The van der Waals surface area contributed by atoms with Gasteiger partial charge >= 0.3 is 25.8 Å². The number of nitrogens with two attached hydrogens (primary N) is 2. The van der Waals surface area contributed by atoms with Crippen LogP contribution in [0, 0.1) is 0 Å². The molecule has 0 saturated carbocycles. The second-order valence-corrected chi connectivity index (χ2v) is 2.23. The molecule has 0 radical (unpaired) electrons. The molecule has 66 valence electrons. The number of rotatable bonds is 5. The molecule has 0 saturated heterocycles. The quantitative estimate of drug-likeness (QED) is 0.381. The van der Waals surface area contributed by atoms with Crippen LogP contribution in [0.1, 0.15) is 19.3 Å². The monoisotopic (exact) mass is 218 g/mol. The summed E-state index contributed by atoms with van der Waals surface area (Å²) in [6.45, 7) is 0.604. The summed E-state index contributed by atoms with van der Waals surface area (Å²) >= 11 is 0. The van der Waals surface area contributed by atoms with Gasteiger partial charge in [-0.05, 0) is 19.4 Å². The third-order valence-electron chi connectivity index (χ3n) is 1.29. The van der Waals surface area contributed by atoms with E-state index < -0.39 is 12.0 Å². The molecule has 11 heavy (non-hydrogen) atoms. The van der Waals surface area contributed by atoms with Crippen LogP contribution in [-0.4, -0.2) is 43.5 Å². The van der Waals surface area contributed by atoms with E-state index in [0.29, 0.717) is 13.0 Å². The predicted octanol–water partition coefficient (Wildman–Crippen LogP) is -1.66. The Kier molecular flexibility index (Phi) is 10.1. The van der Waals surface area contributed by atoms with E-state index in [1.54, 1.807) is 0 Å². The summed E-state index contributed by atoms with van der Waals surface area (Å²) in [5, 5.41) is 8.33. The van der Waals surface area contributed by atoms with Crippen LogP contribution in [0.3, 0.4) is 0 Å². The van der Waals surface area contributed by atoms with Crippen molar-refractivity contribution in [1.82, 2.24) is 0 Å². The van der Waals surface area contributed by atoms with Crippen LogP contribution < -0.4 is 11.5 Å². The van der Waals surface area contributed by atoms with Crippen LogP contribution in [0.25, 0.3) is 0 Å². The molecule has 0 spiro atoms. The summed E-state index contributed by atoms with van der Waals surface area (Å²) in [5.74, 6) is -0.933. The van der Waals surface area contributed by atoms with E-state index in [4.69, 9.17) is 16.6 Å². The van der Waals surface area contributed by atoms with Gasteiger partial charge in [0.05, 0.1) is 0 Å². The van der Waals surface area contributed by atoms with Crippen LogP contribution in [0.2, 0.25) is 0 Å². The summed E-state index contributed by atoms with van der Waals surface area (Å²) in [6.07, 6.45) is 2.16. The van der Waals surface area contributed by atoms with Gasteiger partial charge < -0.3 is 16.6 Å². The Morgan fingerprint density at radius 1 is 1.45 bits per heavy atom. The third-order valence-corrected chi connectivity index (χ3v) is 1.29. The molecule has 5 heteroatoms. The van der Waals surface area contributed by atoms with Gasteiger partial charge in [0.25, 0.3) is 0 Å². The van der Waals surface area contributed by atoms with Gasteiger partial charge in [-0.15, -0.1) is 0 Å². The van der Waals surface area contributed by atoms with Gasteiger partial charge in [0, 0.05) is 0 Å². The second kappa shape index (κ2) is 8.13. The third kappa shape index (κ3) is 7.93. The Hall–Kier alpha value is 0.0264. The Labute approximate surface area is 79.4 Å². The molecule has 0 fully saturated rings. The number of carbonyl (C=O) groups is 1. The molecule has 0 aromatic heterocycles. The SMILES string of the molecule is NCCCCC(N)C(=O)O.[GaH3]. The van der Waals surface area contributed by atoms with Gasteiger partial charge in [0.1, 0.15) is 6.04 Å². The molecular weight excluding hydrogens is 202 g/mol. The van der Waals surface area contributed by atoms with Crippen molar-refractivity contribution in [2.45, 2.75) is 25.3 Å². The normalized spacial score (nSPS) is 11.8. The van der Waals surface area contributed by atoms with Crippen LogP contribution in [0.15, 0.2) is 0 Å². The zero-order valence-electron chi connectivity index (χ0n) is 5.92. The Balaban J connectivity index is 0. The number of hydrogen-bond donors (Lipinski definition) is 3. The van der Waals surface area contributed by atoms with E-state index in [1.165, 1.54) is 0 Å². The van der Waals surface area contributed by atoms with Gasteiger partial charge in [0.2, 0.25) is 0 Å². The molecule has 0 aromatic carbocycles. The molecule has 0 aliphatic carbocycles. The number of aliphatic carboxylic acids is 1.